The van der Waals surface area contributed by atoms with Gasteiger partial charge in [-0.3, -0.25) is 0 Å². The maximum Gasteiger partial charge on any atom is 0.0662 e. The van der Waals surface area contributed by atoms with Crippen LogP contribution in [0.25, 0.3) is 0 Å². The molecule has 4 heteroatoms. The lowest BCUT2D eigenvalue weighted by molar-refractivity contribution is -0.155. The molecule has 1 fully saturated rings. The molecule has 0 aromatic carbocycles. The molecule has 108 valence electrons. The van der Waals surface area contributed by atoms with Crippen LogP contribution in [0.5, 0.6) is 0 Å². The minimum atomic E-state index is -0.117. The second kappa shape index (κ2) is 5.87. The van der Waals surface area contributed by atoms with E-state index >= 15 is 0 Å². The van der Waals surface area contributed by atoms with Crippen LogP contribution in [0.3, 0.4) is 0 Å². The zero-order valence-electron chi connectivity index (χ0n) is 13.0. The Morgan fingerprint density at radius 3 is 2.28 bits per heavy atom. The zero-order valence-corrected chi connectivity index (χ0v) is 13.0. The molecule has 4 nitrogen and oxygen atoms in total. The third-order valence-electron chi connectivity index (χ3n) is 4.49. The highest BCUT2D eigenvalue weighted by Gasteiger charge is 2.58. The fourth-order valence-corrected chi connectivity index (χ4v) is 2.71. The molecule has 0 spiro atoms. The summed E-state index contributed by atoms with van der Waals surface area (Å²) in [6, 6.07) is 0. The molecule has 1 rings (SSSR count). The van der Waals surface area contributed by atoms with Crippen LogP contribution in [0.15, 0.2) is 0 Å². The van der Waals surface area contributed by atoms with Crippen molar-refractivity contribution in [2.75, 3.05) is 47.4 Å². The number of likely N-dealkylation sites (N-methyl/N-ethyl adjacent to an activating group) is 2. The number of hydrogen-bond donors (Lipinski definition) is 1. The van der Waals surface area contributed by atoms with Gasteiger partial charge < -0.3 is 20.3 Å². The fourth-order valence-electron chi connectivity index (χ4n) is 2.71. The first kappa shape index (κ1) is 15.9. The quantitative estimate of drug-likeness (QED) is 0.739. The topological polar surface area (TPSA) is 41.7 Å². The standard InChI is InChI=1S/C14H31N3O/c1-7-18-12-10-14(15,13(12,2)3)11-17(6)9-8-16(4)5/h12H,7-11,15H2,1-6H3. The molecule has 1 saturated carbocycles. The Morgan fingerprint density at radius 2 is 1.83 bits per heavy atom. The summed E-state index contributed by atoms with van der Waals surface area (Å²) in [4.78, 5) is 4.54. The van der Waals surface area contributed by atoms with Crippen LogP contribution in [-0.2, 0) is 4.74 Å². The molecule has 1 aliphatic rings. The number of ether oxygens (including phenoxy) is 1. The van der Waals surface area contributed by atoms with Crippen molar-refractivity contribution in [3.05, 3.63) is 0 Å². The Balaban J connectivity index is 2.47. The molecule has 0 aromatic rings. The van der Waals surface area contributed by atoms with Gasteiger partial charge in [0.1, 0.15) is 0 Å². The highest BCUT2D eigenvalue weighted by molar-refractivity contribution is 5.14. The summed E-state index contributed by atoms with van der Waals surface area (Å²) in [7, 11) is 6.36. The molecule has 2 atom stereocenters. The van der Waals surface area contributed by atoms with Crippen molar-refractivity contribution in [2.45, 2.75) is 38.8 Å². The van der Waals surface area contributed by atoms with E-state index in [1.165, 1.54) is 0 Å². The van der Waals surface area contributed by atoms with Crippen LogP contribution in [-0.4, -0.2) is 68.8 Å². The molecule has 0 aliphatic heterocycles. The lowest BCUT2D eigenvalue weighted by atomic mass is 9.54. The van der Waals surface area contributed by atoms with Gasteiger partial charge in [0.25, 0.3) is 0 Å². The molecular formula is C14H31N3O. The van der Waals surface area contributed by atoms with E-state index in [9.17, 15) is 0 Å². The molecule has 0 heterocycles. The van der Waals surface area contributed by atoms with Crippen molar-refractivity contribution >= 4 is 0 Å². The monoisotopic (exact) mass is 257 g/mol. The number of nitrogens with zero attached hydrogens (tertiary/aromatic N) is 2. The van der Waals surface area contributed by atoms with Gasteiger partial charge in [-0.05, 0) is 34.5 Å². The van der Waals surface area contributed by atoms with E-state index in [1.54, 1.807) is 0 Å². The summed E-state index contributed by atoms with van der Waals surface area (Å²) in [5.74, 6) is 0. The Labute approximate surface area is 112 Å². The Kier molecular flexibility index (Phi) is 5.18. The van der Waals surface area contributed by atoms with Crippen molar-refractivity contribution < 1.29 is 4.74 Å². The molecule has 18 heavy (non-hydrogen) atoms. The van der Waals surface area contributed by atoms with E-state index in [2.05, 4.69) is 51.7 Å². The van der Waals surface area contributed by atoms with Gasteiger partial charge in [0.2, 0.25) is 0 Å². The molecule has 2 N–H and O–H groups in total. The van der Waals surface area contributed by atoms with Crippen LogP contribution >= 0.6 is 0 Å². The fraction of sp³-hybridized carbons (Fsp3) is 1.00. The van der Waals surface area contributed by atoms with Gasteiger partial charge in [-0.15, -0.1) is 0 Å². The van der Waals surface area contributed by atoms with Crippen LogP contribution in [0.1, 0.15) is 27.2 Å². The normalized spacial score (nSPS) is 30.8. The van der Waals surface area contributed by atoms with Crippen molar-refractivity contribution in [1.82, 2.24) is 9.80 Å². The van der Waals surface area contributed by atoms with Crippen molar-refractivity contribution in [3.63, 3.8) is 0 Å². The number of rotatable bonds is 7. The first-order chi connectivity index (χ1) is 8.23. The van der Waals surface area contributed by atoms with E-state index in [0.717, 1.165) is 32.7 Å². The molecular weight excluding hydrogens is 226 g/mol. The Hall–Kier alpha value is -0.160. The van der Waals surface area contributed by atoms with E-state index in [1.807, 2.05) is 0 Å². The molecule has 0 amide bonds. The average molecular weight is 257 g/mol. The first-order valence-corrected chi connectivity index (χ1v) is 6.96. The highest BCUT2D eigenvalue weighted by atomic mass is 16.5. The number of hydrogen-bond acceptors (Lipinski definition) is 4. The summed E-state index contributed by atoms with van der Waals surface area (Å²) in [5.41, 5.74) is 6.52. The maximum atomic E-state index is 6.57. The zero-order chi connectivity index (χ0) is 14.0. The van der Waals surface area contributed by atoms with Crippen molar-refractivity contribution in [2.24, 2.45) is 11.1 Å². The van der Waals surface area contributed by atoms with Crippen molar-refractivity contribution in [3.8, 4) is 0 Å². The predicted octanol–water partition coefficient (Wildman–Crippen LogP) is 1.01. The van der Waals surface area contributed by atoms with Crippen LogP contribution in [0.4, 0.5) is 0 Å². The van der Waals surface area contributed by atoms with Crippen LogP contribution < -0.4 is 5.73 Å². The minimum Gasteiger partial charge on any atom is -0.378 e. The lowest BCUT2D eigenvalue weighted by Gasteiger charge is -2.60. The highest BCUT2D eigenvalue weighted by Crippen LogP contribution is 2.49. The van der Waals surface area contributed by atoms with Gasteiger partial charge in [0, 0.05) is 37.2 Å². The summed E-state index contributed by atoms with van der Waals surface area (Å²) in [6.45, 7) is 10.4. The molecule has 2 unspecified atom stereocenters. The number of nitrogens with two attached hydrogens (primary N) is 1. The Morgan fingerprint density at radius 1 is 1.22 bits per heavy atom. The SMILES string of the molecule is CCOC1CC(N)(CN(C)CCN(C)C)C1(C)C. The van der Waals surface area contributed by atoms with Gasteiger partial charge in [-0.1, -0.05) is 13.8 Å². The van der Waals surface area contributed by atoms with E-state index in [-0.39, 0.29) is 11.0 Å². The summed E-state index contributed by atoms with van der Waals surface area (Å²) >= 11 is 0. The predicted molar refractivity (Wildman–Crippen MR) is 76.8 cm³/mol. The Bertz CT molecular complexity index is 268. The van der Waals surface area contributed by atoms with E-state index in [0.29, 0.717) is 6.10 Å². The second-order valence-corrected chi connectivity index (χ2v) is 6.57. The van der Waals surface area contributed by atoms with Gasteiger partial charge in [0.05, 0.1) is 6.10 Å². The minimum absolute atomic E-state index is 0.0649. The van der Waals surface area contributed by atoms with E-state index < -0.39 is 0 Å². The lowest BCUT2D eigenvalue weighted by Crippen LogP contribution is -2.73. The molecule has 0 bridgehead atoms. The third kappa shape index (κ3) is 3.23. The molecule has 0 saturated heterocycles. The second-order valence-electron chi connectivity index (χ2n) is 6.57. The average Bonchev–Trinajstić information content (AvgIpc) is 2.26. The van der Waals surface area contributed by atoms with E-state index in [4.69, 9.17) is 10.5 Å². The largest absolute Gasteiger partial charge is 0.378 e. The molecule has 1 aliphatic carbocycles. The summed E-state index contributed by atoms with van der Waals surface area (Å²) in [6.07, 6.45) is 1.29. The van der Waals surface area contributed by atoms with Gasteiger partial charge in [0.15, 0.2) is 0 Å². The first-order valence-electron chi connectivity index (χ1n) is 6.96. The van der Waals surface area contributed by atoms with Crippen molar-refractivity contribution in [1.29, 1.82) is 0 Å². The summed E-state index contributed by atoms with van der Waals surface area (Å²) < 4.78 is 5.76. The maximum absolute atomic E-state index is 6.57. The van der Waals surface area contributed by atoms with Crippen LogP contribution in [0, 0.1) is 5.41 Å². The van der Waals surface area contributed by atoms with Gasteiger partial charge in [-0.2, -0.15) is 0 Å². The molecule has 0 radical (unpaired) electrons. The molecule has 0 aromatic heterocycles. The summed E-state index contributed by atoms with van der Waals surface area (Å²) in [5, 5.41) is 0. The van der Waals surface area contributed by atoms with Gasteiger partial charge in [-0.25, -0.2) is 0 Å². The third-order valence-corrected chi connectivity index (χ3v) is 4.49. The smallest absolute Gasteiger partial charge is 0.0662 e. The van der Waals surface area contributed by atoms with Crippen LogP contribution in [0.2, 0.25) is 0 Å². The van der Waals surface area contributed by atoms with Gasteiger partial charge >= 0.3 is 0 Å².